The van der Waals surface area contributed by atoms with Crippen molar-refractivity contribution in [1.82, 2.24) is 15.3 Å². The van der Waals surface area contributed by atoms with Crippen molar-refractivity contribution in [1.29, 1.82) is 0 Å². The van der Waals surface area contributed by atoms with E-state index in [0.717, 1.165) is 41.0 Å². The number of fused-ring (bicyclic) bond motifs is 1. The molecule has 0 unspecified atom stereocenters. The van der Waals surface area contributed by atoms with Crippen LogP contribution in [0.15, 0.2) is 30.6 Å². The molecular formula is C23H28ClF2N3. The van der Waals surface area contributed by atoms with Crippen LogP contribution in [0.5, 0.6) is 0 Å². The number of hydrogen-bond acceptors (Lipinski definition) is 2. The van der Waals surface area contributed by atoms with E-state index in [1.807, 2.05) is 19.1 Å². The normalized spacial score (nSPS) is 14.9. The standard InChI is InChI=1S/C23H27F2N3.ClH/c1-15-18(7-8-22-23(15)28-14-27-22)17-11-20(24)19(21(25)12-17)13-26-10-9-16-5-3-2-4-6-16;/h7-8,11-12,14,16,26H,2-6,9-10,13H2,1H3,(H,27,28);1H. The molecule has 1 aliphatic rings. The average molecular weight is 420 g/mol. The van der Waals surface area contributed by atoms with Crippen LogP contribution in [0.4, 0.5) is 8.78 Å². The van der Waals surface area contributed by atoms with E-state index in [4.69, 9.17) is 0 Å². The Balaban J connectivity index is 0.00000240. The number of H-pyrrole nitrogens is 1. The number of aryl methyl sites for hydroxylation is 1. The van der Waals surface area contributed by atoms with Gasteiger partial charge in [-0.2, -0.15) is 0 Å². The topological polar surface area (TPSA) is 40.7 Å². The summed E-state index contributed by atoms with van der Waals surface area (Å²) < 4.78 is 29.3. The molecular weight excluding hydrogens is 392 g/mol. The highest BCUT2D eigenvalue weighted by molar-refractivity contribution is 5.86. The molecule has 1 fully saturated rings. The van der Waals surface area contributed by atoms with Crippen LogP contribution in [-0.4, -0.2) is 16.5 Å². The third-order valence-corrected chi connectivity index (χ3v) is 6.05. The Hall–Kier alpha value is -1.98. The maximum atomic E-state index is 14.7. The van der Waals surface area contributed by atoms with E-state index in [2.05, 4.69) is 15.3 Å². The van der Waals surface area contributed by atoms with Crippen LogP contribution in [0, 0.1) is 24.5 Å². The highest BCUT2D eigenvalue weighted by atomic mass is 35.5. The zero-order valence-corrected chi connectivity index (χ0v) is 17.5. The van der Waals surface area contributed by atoms with Gasteiger partial charge in [0, 0.05) is 12.1 Å². The molecule has 1 aliphatic carbocycles. The van der Waals surface area contributed by atoms with Gasteiger partial charge in [-0.1, -0.05) is 38.2 Å². The number of nitrogens with zero attached hydrogens (tertiary/aromatic N) is 1. The molecule has 4 rings (SSSR count). The second-order valence-electron chi connectivity index (χ2n) is 7.92. The number of aromatic nitrogens is 2. The first kappa shape index (κ1) is 21.7. The summed E-state index contributed by atoms with van der Waals surface area (Å²) in [6.07, 6.45) is 9.28. The summed E-state index contributed by atoms with van der Waals surface area (Å²) >= 11 is 0. The summed E-state index contributed by atoms with van der Waals surface area (Å²) in [5, 5.41) is 3.23. The largest absolute Gasteiger partial charge is 0.345 e. The molecule has 3 aromatic rings. The van der Waals surface area contributed by atoms with Gasteiger partial charge in [-0.15, -0.1) is 12.4 Å². The third kappa shape index (κ3) is 4.78. The van der Waals surface area contributed by atoms with Crippen molar-refractivity contribution in [2.24, 2.45) is 5.92 Å². The molecule has 0 radical (unpaired) electrons. The van der Waals surface area contributed by atoms with E-state index in [0.29, 0.717) is 5.56 Å². The van der Waals surface area contributed by atoms with Crippen LogP contribution in [0.25, 0.3) is 22.2 Å². The molecule has 1 saturated carbocycles. The zero-order valence-electron chi connectivity index (χ0n) is 16.7. The molecule has 156 valence electrons. The summed E-state index contributed by atoms with van der Waals surface area (Å²) in [6.45, 7) is 2.96. The van der Waals surface area contributed by atoms with Crippen molar-refractivity contribution in [3.8, 4) is 11.1 Å². The molecule has 0 spiro atoms. The summed E-state index contributed by atoms with van der Waals surface area (Å²) in [4.78, 5) is 7.36. The van der Waals surface area contributed by atoms with Gasteiger partial charge in [0.25, 0.3) is 0 Å². The minimum absolute atomic E-state index is 0. The van der Waals surface area contributed by atoms with Gasteiger partial charge in [0.2, 0.25) is 0 Å². The van der Waals surface area contributed by atoms with Crippen LogP contribution in [-0.2, 0) is 6.54 Å². The molecule has 0 bridgehead atoms. The minimum atomic E-state index is -0.498. The number of benzene rings is 2. The van der Waals surface area contributed by atoms with Gasteiger partial charge in [-0.3, -0.25) is 0 Å². The summed E-state index contributed by atoms with van der Waals surface area (Å²) in [5.41, 5.74) is 4.12. The molecule has 3 nitrogen and oxygen atoms in total. The Morgan fingerprint density at radius 3 is 2.55 bits per heavy atom. The second-order valence-corrected chi connectivity index (χ2v) is 7.92. The first-order valence-corrected chi connectivity index (χ1v) is 10.2. The van der Waals surface area contributed by atoms with Crippen molar-refractivity contribution in [2.75, 3.05) is 6.54 Å². The number of hydrogen-bond donors (Lipinski definition) is 2. The number of imidazole rings is 1. The smallest absolute Gasteiger partial charge is 0.131 e. The highest BCUT2D eigenvalue weighted by Crippen LogP contribution is 2.30. The fourth-order valence-electron chi connectivity index (χ4n) is 4.38. The third-order valence-electron chi connectivity index (χ3n) is 6.05. The Morgan fingerprint density at radius 1 is 1.10 bits per heavy atom. The maximum Gasteiger partial charge on any atom is 0.131 e. The van der Waals surface area contributed by atoms with E-state index in [1.54, 1.807) is 6.33 Å². The molecule has 0 atom stereocenters. The van der Waals surface area contributed by atoms with Gasteiger partial charge < -0.3 is 10.3 Å². The lowest BCUT2D eigenvalue weighted by Crippen LogP contribution is -2.20. The Labute approximate surface area is 176 Å². The first-order chi connectivity index (χ1) is 13.6. The molecule has 1 heterocycles. The minimum Gasteiger partial charge on any atom is -0.345 e. The van der Waals surface area contributed by atoms with Crippen LogP contribution in [0.2, 0.25) is 0 Å². The highest BCUT2D eigenvalue weighted by Gasteiger charge is 2.16. The Bertz CT molecular complexity index is 941. The number of aromatic amines is 1. The molecule has 0 saturated heterocycles. The van der Waals surface area contributed by atoms with Crippen molar-refractivity contribution in [3.05, 3.63) is 53.4 Å². The van der Waals surface area contributed by atoms with Crippen LogP contribution >= 0.6 is 12.4 Å². The van der Waals surface area contributed by atoms with E-state index < -0.39 is 11.6 Å². The number of halogens is 3. The van der Waals surface area contributed by atoms with Crippen molar-refractivity contribution in [2.45, 2.75) is 52.0 Å². The summed E-state index contributed by atoms with van der Waals surface area (Å²) in [6, 6.07) is 6.64. The van der Waals surface area contributed by atoms with E-state index >= 15 is 0 Å². The van der Waals surface area contributed by atoms with Crippen LogP contribution in [0.3, 0.4) is 0 Å². The number of rotatable bonds is 6. The monoisotopic (exact) mass is 419 g/mol. The predicted octanol–water partition coefficient (Wildman–Crippen LogP) is 6.30. The fraction of sp³-hybridized carbons (Fsp3) is 0.435. The average Bonchev–Trinajstić information content (AvgIpc) is 3.17. The van der Waals surface area contributed by atoms with Gasteiger partial charge in [-0.05, 0) is 60.7 Å². The SMILES string of the molecule is Cc1c(-c2cc(F)c(CNCCC3CCCCC3)c(F)c2)ccc2[nH]cnc12.Cl. The molecule has 0 aliphatic heterocycles. The summed E-state index contributed by atoms with van der Waals surface area (Å²) in [7, 11) is 0. The quantitative estimate of drug-likeness (QED) is 0.460. The predicted molar refractivity (Wildman–Crippen MR) is 116 cm³/mol. The molecule has 6 heteroatoms. The van der Waals surface area contributed by atoms with E-state index in [9.17, 15) is 8.78 Å². The first-order valence-electron chi connectivity index (χ1n) is 10.2. The van der Waals surface area contributed by atoms with Crippen LogP contribution < -0.4 is 5.32 Å². The maximum absolute atomic E-state index is 14.7. The van der Waals surface area contributed by atoms with Gasteiger partial charge >= 0.3 is 0 Å². The van der Waals surface area contributed by atoms with Crippen molar-refractivity contribution < 1.29 is 8.78 Å². The lowest BCUT2D eigenvalue weighted by Gasteiger charge is -2.21. The Kier molecular flexibility index (Phi) is 7.25. The summed E-state index contributed by atoms with van der Waals surface area (Å²) in [5.74, 6) is -0.235. The van der Waals surface area contributed by atoms with Gasteiger partial charge in [0.1, 0.15) is 11.6 Å². The van der Waals surface area contributed by atoms with Crippen LogP contribution in [0.1, 0.15) is 49.7 Å². The lowest BCUT2D eigenvalue weighted by molar-refractivity contribution is 0.333. The molecule has 1 aromatic heterocycles. The van der Waals surface area contributed by atoms with Gasteiger partial charge in [-0.25, -0.2) is 13.8 Å². The van der Waals surface area contributed by atoms with E-state index in [-0.39, 0.29) is 24.5 Å². The zero-order chi connectivity index (χ0) is 19.5. The van der Waals surface area contributed by atoms with Crippen molar-refractivity contribution >= 4 is 23.4 Å². The fourth-order valence-corrected chi connectivity index (χ4v) is 4.38. The second kappa shape index (κ2) is 9.68. The van der Waals surface area contributed by atoms with Gasteiger partial charge in [0.15, 0.2) is 0 Å². The number of nitrogens with one attached hydrogen (secondary N) is 2. The molecule has 29 heavy (non-hydrogen) atoms. The molecule has 2 N–H and O–H groups in total. The molecule has 0 amide bonds. The molecule has 2 aromatic carbocycles. The van der Waals surface area contributed by atoms with Gasteiger partial charge in [0.05, 0.1) is 17.4 Å². The Morgan fingerprint density at radius 2 is 1.83 bits per heavy atom. The van der Waals surface area contributed by atoms with Crippen molar-refractivity contribution in [3.63, 3.8) is 0 Å². The van der Waals surface area contributed by atoms with E-state index in [1.165, 1.54) is 44.2 Å². The lowest BCUT2D eigenvalue weighted by atomic mass is 9.87.